The number of amides is 1. The summed E-state index contributed by atoms with van der Waals surface area (Å²) < 4.78 is 10.8. The highest BCUT2D eigenvalue weighted by molar-refractivity contribution is 7.12. The largest absolute Gasteiger partial charge is 0.485 e. The Morgan fingerprint density at radius 2 is 2.15 bits per heavy atom. The molecule has 7 heteroatoms. The molecule has 110 valence electrons. The third-order valence-electron chi connectivity index (χ3n) is 3.24. The van der Waals surface area contributed by atoms with Crippen molar-refractivity contribution in [3.63, 3.8) is 0 Å². The van der Waals surface area contributed by atoms with Gasteiger partial charge in [0.15, 0.2) is 11.5 Å². The third kappa shape index (κ3) is 3.04. The summed E-state index contributed by atoms with van der Waals surface area (Å²) in [5.41, 5.74) is -0.782. The van der Waals surface area contributed by atoms with E-state index in [0.717, 1.165) is 0 Å². The van der Waals surface area contributed by atoms with Crippen molar-refractivity contribution in [2.24, 2.45) is 0 Å². The van der Waals surface area contributed by atoms with Crippen LogP contribution in [0.2, 0.25) is 0 Å². The number of hydrogen-bond acceptors (Lipinski definition) is 5. The number of nitrogens with one attached hydrogen (secondary N) is 1. The minimum absolute atomic E-state index is 0.125. The van der Waals surface area contributed by atoms with Gasteiger partial charge >= 0.3 is 5.97 Å². The Hall–Kier alpha value is -1.76. The average molecular weight is 299 g/mol. The van der Waals surface area contributed by atoms with Crippen LogP contribution < -0.4 is 14.8 Å². The number of carbonyl (C=O) groups is 2. The lowest BCUT2D eigenvalue weighted by Crippen LogP contribution is -2.46. The summed E-state index contributed by atoms with van der Waals surface area (Å²) in [4.78, 5) is 23.6. The molecule has 1 aromatic rings. The molecule has 0 aliphatic carbocycles. The van der Waals surface area contributed by atoms with E-state index < -0.39 is 11.5 Å². The standard InChI is InChI=1S/C13H17NO5S/c1-3-13(2,6-9(15)16)14-12(17)11-10-8(7-20-11)18-4-5-19-10/h7H,3-6H2,1-2H3,(H,14,17)(H,15,16). The predicted octanol–water partition coefficient (Wildman–Crippen LogP) is 1.89. The zero-order valence-electron chi connectivity index (χ0n) is 11.4. The van der Waals surface area contributed by atoms with Gasteiger partial charge in [0.1, 0.15) is 18.1 Å². The van der Waals surface area contributed by atoms with Crippen LogP contribution in [0.3, 0.4) is 0 Å². The van der Waals surface area contributed by atoms with E-state index in [4.69, 9.17) is 14.6 Å². The molecule has 0 fully saturated rings. The summed E-state index contributed by atoms with van der Waals surface area (Å²) in [6.07, 6.45) is 0.399. The predicted molar refractivity (Wildman–Crippen MR) is 73.7 cm³/mol. The Morgan fingerprint density at radius 1 is 1.45 bits per heavy atom. The van der Waals surface area contributed by atoms with Crippen molar-refractivity contribution in [2.45, 2.75) is 32.2 Å². The summed E-state index contributed by atoms with van der Waals surface area (Å²) in [7, 11) is 0. The fraction of sp³-hybridized carbons (Fsp3) is 0.538. The molecule has 1 amide bonds. The molecule has 2 heterocycles. The topological polar surface area (TPSA) is 84.9 Å². The number of thiophene rings is 1. The van der Waals surface area contributed by atoms with Crippen LogP contribution in [0.5, 0.6) is 11.5 Å². The van der Waals surface area contributed by atoms with Gasteiger partial charge in [-0.3, -0.25) is 9.59 Å². The van der Waals surface area contributed by atoms with E-state index in [1.165, 1.54) is 11.3 Å². The van der Waals surface area contributed by atoms with E-state index in [-0.39, 0.29) is 12.3 Å². The average Bonchev–Trinajstić information content (AvgIpc) is 2.81. The van der Waals surface area contributed by atoms with Gasteiger partial charge in [0.25, 0.3) is 5.91 Å². The van der Waals surface area contributed by atoms with Crippen LogP contribution in [-0.2, 0) is 4.79 Å². The van der Waals surface area contributed by atoms with Crippen LogP contribution in [0, 0.1) is 0 Å². The first kappa shape index (κ1) is 14.6. The number of hydrogen-bond donors (Lipinski definition) is 2. The van der Waals surface area contributed by atoms with Crippen molar-refractivity contribution in [3.05, 3.63) is 10.3 Å². The highest BCUT2D eigenvalue weighted by Gasteiger charge is 2.31. The summed E-state index contributed by atoms with van der Waals surface area (Å²) in [6.45, 7) is 4.43. The number of carbonyl (C=O) groups excluding carboxylic acids is 1. The van der Waals surface area contributed by atoms with Crippen molar-refractivity contribution < 1.29 is 24.2 Å². The molecule has 6 nitrogen and oxygen atoms in total. The van der Waals surface area contributed by atoms with Gasteiger partial charge in [-0.2, -0.15) is 0 Å². The second-order valence-corrected chi connectivity index (χ2v) is 5.77. The fourth-order valence-corrected chi connectivity index (χ4v) is 2.77. The molecule has 0 saturated carbocycles. The lowest BCUT2D eigenvalue weighted by Gasteiger charge is -2.28. The minimum Gasteiger partial charge on any atom is -0.485 e. The van der Waals surface area contributed by atoms with E-state index in [1.807, 2.05) is 6.92 Å². The van der Waals surface area contributed by atoms with Gasteiger partial charge in [-0.25, -0.2) is 0 Å². The second kappa shape index (κ2) is 5.70. The highest BCUT2D eigenvalue weighted by atomic mass is 32.1. The molecule has 1 aliphatic rings. The number of aliphatic carboxylic acids is 1. The van der Waals surface area contributed by atoms with E-state index >= 15 is 0 Å². The van der Waals surface area contributed by atoms with Crippen molar-refractivity contribution in [3.8, 4) is 11.5 Å². The molecule has 2 rings (SSSR count). The lowest BCUT2D eigenvalue weighted by molar-refractivity contribution is -0.138. The molecule has 2 N–H and O–H groups in total. The molecule has 0 spiro atoms. The quantitative estimate of drug-likeness (QED) is 0.867. The Morgan fingerprint density at radius 3 is 2.80 bits per heavy atom. The van der Waals surface area contributed by atoms with E-state index in [0.29, 0.717) is 36.0 Å². The molecule has 1 aliphatic heterocycles. The van der Waals surface area contributed by atoms with Crippen molar-refractivity contribution in [1.82, 2.24) is 5.32 Å². The second-order valence-electron chi connectivity index (χ2n) is 4.89. The Balaban J connectivity index is 2.15. The number of ether oxygens (including phenoxy) is 2. The van der Waals surface area contributed by atoms with Crippen molar-refractivity contribution in [2.75, 3.05) is 13.2 Å². The normalized spacial score (nSPS) is 16.3. The van der Waals surface area contributed by atoms with Crippen LogP contribution in [0.25, 0.3) is 0 Å². The summed E-state index contributed by atoms with van der Waals surface area (Å²) in [5, 5.41) is 13.4. The Kier molecular flexibility index (Phi) is 4.17. The van der Waals surface area contributed by atoms with Crippen molar-refractivity contribution in [1.29, 1.82) is 0 Å². The first-order chi connectivity index (χ1) is 9.45. The molecular formula is C13H17NO5S. The fourth-order valence-electron chi connectivity index (χ4n) is 1.94. The molecular weight excluding hydrogens is 282 g/mol. The van der Waals surface area contributed by atoms with Gasteiger partial charge in [-0.15, -0.1) is 11.3 Å². The smallest absolute Gasteiger partial charge is 0.305 e. The molecule has 0 saturated heterocycles. The first-order valence-corrected chi connectivity index (χ1v) is 7.24. The van der Waals surface area contributed by atoms with Gasteiger partial charge < -0.3 is 19.9 Å². The third-order valence-corrected chi connectivity index (χ3v) is 4.18. The van der Waals surface area contributed by atoms with E-state index in [1.54, 1.807) is 12.3 Å². The lowest BCUT2D eigenvalue weighted by atomic mass is 9.94. The van der Waals surface area contributed by atoms with Gasteiger partial charge in [0.2, 0.25) is 0 Å². The summed E-state index contributed by atoms with van der Waals surface area (Å²) in [5.74, 6) is -0.245. The molecule has 20 heavy (non-hydrogen) atoms. The van der Waals surface area contributed by atoms with Crippen LogP contribution in [-0.4, -0.2) is 35.7 Å². The number of rotatable bonds is 5. The van der Waals surface area contributed by atoms with E-state index in [9.17, 15) is 9.59 Å². The number of carboxylic acids is 1. The SMILES string of the molecule is CCC(C)(CC(=O)O)NC(=O)c1scc2c1OCCO2. The first-order valence-electron chi connectivity index (χ1n) is 6.36. The molecule has 0 aromatic carbocycles. The van der Waals surface area contributed by atoms with E-state index in [2.05, 4.69) is 5.32 Å². The van der Waals surface area contributed by atoms with Crippen LogP contribution in [0.4, 0.5) is 0 Å². The highest BCUT2D eigenvalue weighted by Crippen LogP contribution is 2.39. The molecule has 1 atom stereocenters. The van der Waals surface area contributed by atoms with Gasteiger partial charge in [0.05, 0.1) is 6.42 Å². The van der Waals surface area contributed by atoms with Crippen LogP contribution in [0.15, 0.2) is 5.38 Å². The summed E-state index contributed by atoms with van der Waals surface area (Å²) in [6, 6.07) is 0. The zero-order chi connectivity index (χ0) is 14.8. The number of fused-ring (bicyclic) bond motifs is 1. The molecule has 0 bridgehead atoms. The summed E-state index contributed by atoms with van der Waals surface area (Å²) >= 11 is 1.23. The Labute approximate surface area is 120 Å². The van der Waals surface area contributed by atoms with Gasteiger partial charge in [-0.1, -0.05) is 6.92 Å². The monoisotopic (exact) mass is 299 g/mol. The maximum absolute atomic E-state index is 12.3. The van der Waals surface area contributed by atoms with Gasteiger partial charge in [0, 0.05) is 10.9 Å². The Bertz CT molecular complexity index is 527. The van der Waals surface area contributed by atoms with Gasteiger partial charge in [-0.05, 0) is 13.3 Å². The molecule has 1 unspecified atom stereocenters. The maximum atomic E-state index is 12.3. The van der Waals surface area contributed by atoms with Crippen molar-refractivity contribution >= 4 is 23.2 Å². The molecule has 1 aromatic heterocycles. The number of carboxylic acid groups (broad SMARTS) is 1. The van der Waals surface area contributed by atoms with Crippen LogP contribution >= 0.6 is 11.3 Å². The zero-order valence-corrected chi connectivity index (χ0v) is 12.2. The molecule has 0 radical (unpaired) electrons. The minimum atomic E-state index is -0.942. The van der Waals surface area contributed by atoms with Crippen LogP contribution in [0.1, 0.15) is 36.4 Å². The maximum Gasteiger partial charge on any atom is 0.305 e.